The Hall–Kier alpha value is -2.93. The Morgan fingerprint density at radius 2 is 1.76 bits per heavy atom. The van der Waals surface area contributed by atoms with Crippen LogP contribution in [0.1, 0.15) is 16.7 Å². The Morgan fingerprint density at radius 1 is 1.03 bits per heavy atom. The number of rotatable bonds is 8. The summed E-state index contributed by atoms with van der Waals surface area (Å²) in [6, 6.07) is 15.8. The monoisotopic (exact) mass is 448 g/mol. The smallest absolute Gasteiger partial charge is 0.339 e. The third-order valence-electron chi connectivity index (χ3n) is 6.28. The maximum Gasteiger partial charge on any atom is 0.339 e. The van der Waals surface area contributed by atoms with Gasteiger partial charge in [-0.3, -0.25) is 9.80 Å². The average molecular weight is 449 g/mol. The molecule has 3 aromatic rings. The molecule has 1 saturated heterocycles. The van der Waals surface area contributed by atoms with E-state index in [1.54, 1.807) is 13.0 Å². The molecule has 2 heterocycles. The lowest BCUT2D eigenvalue weighted by molar-refractivity contribution is 0.0482. The number of nitrogens with zero attached hydrogens (tertiary/aromatic N) is 2. The third-order valence-corrected chi connectivity index (χ3v) is 6.28. The predicted molar refractivity (Wildman–Crippen MR) is 132 cm³/mol. The van der Waals surface area contributed by atoms with Gasteiger partial charge in [0.05, 0.1) is 0 Å². The molecule has 0 amide bonds. The van der Waals surface area contributed by atoms with E-state index in [1.807, 2.05) is 37.3 Å². The van der Waals surface area contributed by atoms with E-state index in [0.717, 1.165) is 43.7 Å². The van der Waals surface area contributed by atoms with Gasteiger partial charge < -0.3 is 14.3 Å². The first-order valence-electron chi connectivity index (χ1n) is 11.5. The van der Waals surface area contributed by atoms with Crippen molar-refractivity contribution in [3.8, 4) is 5.75 Å². The van der Waals surface area contributed by atoms with Crippen molar-refractivity contribution in [1.29, 1.82) is 0 Å². The van der Waals surface area contributed by atoms with Crippen LogP contribution in [0.4, 0.5) is 0 Å². The maximum atomic E-state index is 11.9. The van der Waals surface area contributed by atoms with Crippen molar-refractivity contribution in [2.45, 2.75) is 20.0 Å². The molecule has 1 aliphatic rings. The molecule has 0 aliphatic carbocycles. The van der Waals surface area contributed by atoms with Crippen molar-refractivity contribution < 1.29 is 14.3 Å². The topological polar surface area (TPSA) is 66.2 Å². The van der Waals surface area contributed by atoms with Gasteiger partial charge in [0.2, 0.25) is 0 Å². The van der Waals surface area contributed by atoms with Gasteiger partial charge in [-0.25, -0.2) is 4.79 Å². The Balaban J connectivity index is 1.21. The van der Waals surface area contributed by atoms with E-state index in [2.05, 4.69) is 34.1 Å². The first-order chi connectivity index (χ1) is 16.0. The van der Waals surface area contributed by atoms with Crippen LogP contribution in [-0.2, 0) is 0 Å². The molecule has 0 unspecified atom stereocenters. The quantitative estimate of drug-likeness (QED) is 0.533. The van der Waals surface area contributed by atoms with E-state index in [-0.39, 0.29) is 12.2 Å². The van der Waals surface area contributed by atoms with Crippen LogP contribution in [0.3, 0.4) is 0 Å². The first-order valence-corrected chi connectivity index (χ1v) is 11.5. The number of aliphatic hydroxyl groups is 1. The molecule has 174 valence electrons. The minimum Gasteiger partial charge on any atom is -0.491 e. The molecule has 0 bridgehead atoms. The molecule has 1 aromatic heterocycles. The minimum absolute atomic E-state index is 0.195. The molecule has 0 saturated carbocycles. The highest BCUT2D eigenvalue weighted by atomic mass is 16.5. The van der Waals surface area contributed by atoms with E-state index in [1.165, 1.54) is 5.56 Å². The van der Waals surface area contributed by atoms with E-state index >= 15 is 0 Å². The maximum absolute atomic E-state index is 11.9. The van der Waals surface area contributed by atoms with Gasteiger partial charge in [-0.05, 0) is 37.1 Å². The Labute approximate surface area is 194 Å². The highest BCUT2D eigenvalue weighted by Gasteiger charge is 2.19. The van der Waals surface area contributed by atoms with Crippen LogP contribution in [-0.4, -0.2) is 66.9 Å². The number of benzene rings is 2. The predicted octanol–water partition coefficient (Wildman–Crippen LogP) is 3.48. The van der Waals surface area contributed by atoms with Gasteiger partial charge >= 0.3 is 5.63 Å². The van der Waals surface area contributed by atoms with Crippen LogP contribution in [0.25, 0.3) is 17.0 Å². The molecule has 1 atom stereocenters. The van der Waals surface area contributed by atoms with Crippen LogP contribution in [0.2, 0.25) is 0 Å². The largest absolute Gasteiger partial charge is 0.491 e. The summed E-state index contributed by atoms with van der Waals surface area (Å²) in [5.74, 6) is 0.586. The van der Waals surface area contributed by atoms with Gasteiger partial charge in [0.25, 0.3) is 0 Å². The minimum atomic E-state index is -0.586. The summed E-state index contributed by atoms with van der Waals surface area (Å²) in [7, 11) is 0. The van der Waals surface area contributed by atoms with Gasteiger partial charge in [-0.15, -0.1) is 0 Å². The van der Waals surface area contributed by atoms with Crippen LogP contribution >= 0.6 is 0 Å². The second-order valence-corrected chi connectivity index (χ2v) is 8.68. The fourth-order valence-electron chi connectivity index (χ4n) is 4.12. The summed E-state index contributed by atoms with van der Waals surface area (Å²) in [4.78, 5) is 16.6. The Bertz CT molecular complexity index is 1150. The molecule has 33 heavy (non-hydrogen) atoms. The van der Waals surface area contributed by atoms with E-state index in [0.29, 0.717) is 23.4 Å². The van der Waals surface area contributed by atoms with Crippen molar-refractivity contribution in [2.75, 3.05) is 45.9 Å². The van der Waals surface area contributed by atoms with E-state index in [9.17, 15) is 9.90 Å². The van der Waals surface area contributed by atoms with Crippen molar-refractivity contribution in [2.24, 2.45) is 0 Å². The van der Waals surface area contributed by atoms with Gasteiger partial charge in [-0.1, -0.05) is 42.5 Å². The summed E-state index contributed by atoms with van der Waals surface area (Å²) in [5.41, 5.74) is 2.94. The van der Waals surface area contributed by atoms with E-state index in [4.69, 9.17) is 9.15 Å². The summed E-state index contributed by atoms with van der Waals surface area (Å²) >= 11 is 0. The lowest BCUT2D eigenvalue weighted by Gasteiger charge is -2.35. The summed E-state index contributed by atoms with van der Waals surface area (Å²) < 4.78 is 11.2. The zero-order valence-corrected chi connectivity index (χ0v) is 19.4. The van der Waals surface area contributed by atoms with Crippen LogP contribution < -0.4 is 10.4 Å². The van der Waals surface area contributed by atoms with Gasteiger partial charge in [0.1, 0.15) is 24.0 Å². The average Bonchev–Trinajstić information content (AvgIpc) is 2.83. The lowest BCUT2D eigenvalue weighted by Crippen LogP contribution is -2.49. The number of piperazine rings is 1. The summed E-state index contributed by atoms with van der Waals surface area (Å²) in [6.07, 6.45) is 3.78. The van der Waals surface area contributed by atoms with Crippen LogP contribution in [0, 0.1) is 13.8 Å². The Morgan fingerprint density at radius 3 is 2.52 bits per heavy atom. The molecule has 6 heteroatoms. The lowest BCUT2D eigenvalue weighted by atomic mass is 10.1. The highest BCUT2D eigenvalue weighted by molar-refractivity contribution is 5.82. The molecule has 6 nitrogen and oxygen atoms in total. The van der Waals surface area contributed by atoms with Crippen LogP contribution in [0.5, 0.6) is 5.75 Å². The number of aryl methyl sites for hydroxylation is 1. The van der Waals surface area contributed by atoms with Crippen molar-refractivity contribution >= 4 is 17.0 Å². The first kappa shape index (κ1) is 23.2. The molecular formula is C27H32N2O4. The zero-order chi connectivity index (χ0) is 23.2. The fraction of sp³-hybridized carbons (Fsp3) is 0.370. The summed E-state index contributed by atoms with van der Waals surface area (Å²) in [5, 5.41) is 11.4. The van der Waals surface area contributed by atoms with Crippen molar-refractivity contribution in [3.05, 3.63) is 81.7 Å². The van der Waals surface area contributed by atoms with Gasteiger partial charge in [0, 0.05) is 56.3 Å². The SMILES string of the molecule is Cc1c(C)c2ccc(OC[C@@H](O)CN3CCN(C/C=C/c4ccccc4)CC3)cc2oc1=O. The third kappa shape index (κ3) is 6.11. The summed E-state index contributed by atoms with van der Waals surface area (Å²) in [6.45, 7) is 9.21. The van der Waals surface area contributed by atoms with Crippen molar-refractivity contribution in [3.63, 3.8) is 0 Å². The fourth-order valence-corrected chi connectivity index (χ4v) is 4.12. The molecule has 1 fully saturated rings. The zero-order valence-electron chi connectivity index (χ0n) is 19.4. The molecule has 1 N–H and O–H groups in total. The van der Waals surface area contributed by atoms with Crippen LogP contribution in [0.15, 0.2) is 63.8 Å². The number of aliphatic hydroxyl groups excluding tert-OH is 1. The second-order valence-electron chi connectivity index (χ2n) is 8.68. The Kier molecular flexibility index (Phi) is 7.60. The molecule has 4 rings (SSSR count). The van der Waals surface area contributed by atoms with Crippen molar-refractivity contribution in [1.82, 2.24) is 9.80 Å². The van der Waals surface area contributed by atoms with Gasteiger partial charge in [0.15, 0.2) is 0 Å². The molecule has 0 spiro atoms. The normalized spacial score (nSPS) is 16.5. The number of ether oxygens (including phenoxy) is 1. The molecule has 1 aliphatic heterocycles. The number of β-amino-alcohol motifs (C(OH)–C–C–N with tert-alkyl or cyclic N) is 1. The van der Waals surface area contributed by atoms with E-state index < -0.39 is 6.10 Å². The molecule has 0 radical (unpaired) electrons. The second kappa shape index (κ2) is 10.8. The standard InChI is InChI=1S/C27H32N2O4/c1-20-21(2)27(31)33-26-17-24(10-11-25(20)26)32-19-23(30)18-29-15-13-28(14-16-29)12-6-9-22-7-4-3-5-8-22/h3-11,17,23,30H,12-16,18-19H2,1-2H3/b9-6+/t23-/m0/s1. The highest BCUT2D eigenvalue weighted by Crippen LogP contribution is 2.24. The number of hydrogen-bond donors (Lipinski definition) is 1. The molecular weight excluding hydrogens is 416 g/mol. The van der Waals surface area contributed by atoms with Gasteiger partial charge in [-0.2, -0.15) is 0 Å². The number of fused-ring (bicyclic) bond motifs is 1. The number of hydrogen-bond acceptors (Lipinski definition) is 6. The molecule has 2 aromatic carbocycles.